The van der Waals surface area contributed by atoms with E-state index >= 15 is 0 Å². The van der Waals surface area contributed by atoms with Crippen LogP contribution in [-0.2, 0) is 5.88 Å². The molecule has 0 N–H and O–H groups in total. The quantitative estimate of drug-likeness (QED) is 0.726. The molecule has 4 heteroatoms. The summed E-state index contributed by atoms with van der Waals surface area (Å²) in [5.74, 6) is -1.41. The Balaban J connectivity index is 2.37. The molecule has 0 aromatic heterocycles. The number of ether oxygens (including phenoxy) is 1. The number of hydrogen-bond donors (Lipinski definition) is 0. The fraction of sp³-hybridized carbons (Fsp3) is 0.143. The molecule has 0 bridgehead atoms. The number of hydrogen-bond acceptors (Lipinski definition) is 1. The molecule has 0 fully saturated rings. The van der Waals surface area contributed by atoms with Crippen molar-refractivity contribution in [3.05, 3.63) is 59.2 Å². The van der Waals surface area contributed by atoms with Crippen molar-refractivity contribution in [2.24, 2.45) is 0 Å². The molecule has 2 rings (SSSR count). The molecule has 0 amide bonds. The van der Waals surface area contributed by atoms with Crippen LogP contribution in [0.5, 0.6) is 11.5 Å². The van der Waals surface area contributed by atoms with Crippen LogP contribution in [0.2, 0.25) is 0 Å². The van der Waals surface area contributed by atoms with Gasteiger partial charge in [-0.1, -0.05) is 23.8 Å². The van der Waals surface area contributed by atoms with Crippen molar-refractivity contribution in [2.75, 3.05) is 0 Å². The minimum atomic E-state index is -1.00. The fourth-order valence-corrected chi connectivity index (χ4v) is 1.80. The first-order chi connectivity index (χ1) is 8.61. The fourth-order valence-electron chi connectivity index (χ4n) is 1.59. The average molecular weight is 269 g/mol. The van der Waals surface area contributed by atoms with Gasteiger partial charge in [0.05, 0.1) is 5.88 Å². The Morgan fingerprint density at radius 2 is 1.89 bits per heavy atom. The highest BCUT2D eigenvalue weighted by atomic mass is 35.5. The highest BCUT2D eigenvalue weighted by Gasteiger charge is 2.11. The van der Waals surface area contributed by atoms with Crippen molar-refractivity contribution in [3.63, 3.8) is 0 Å². The lowest BCUT2D eigenvalue weighted by atomic mass is 10.1. The molecule has 0 aliphatic rings. The van der Waals surface area contributed by atoms with Crippen molar-refractivity contribution in [2.45, 2.75) is 12.8 Å². The molecule has 0 aliphatic heterocycles. The molecular formula is C14H11ClF2O. The van der Waals surface area contributed by atoms with Crippen LogP contribution in [0.25, 0.3) is 0 Å². The lowest BCUT2D eigenvalue weighted by Crippen LogP contribution is -1.94. The van der Waals surface area contributed by atoms with E-state index in [1.54, 1.807) is 6.07 Å². The topological polar surface area (TPSA) is 9.23 Å². The van der Waals surface area contributed by atoms with E-state index in [4.69, 9.17) is 16.3 Å². The van der Waals surface area contributed by atoms with Crippen molar-refractivity contribution >= 4 is 11.6 Å². The van der Waals surface area contributed by atoms with Crippen LogP contribution in [-0.4, -0.2) is 0 Å². The summed E-state index contributed by atoms with van der Waals surface area (Å²) in [6, 6.07) is 9.16. The molecule has 0 atom stereocenters. The Morgan fingerprint density at radius 3 is 2.61 bits per heavy atom. The van der Waals surface area contributed by atoms with Gasteiger partial charge in [0, 0.05) is 5.56 Å². The lowest BCUT2D eigenvalue weighted by Gasteiger charge is -2.11. The van der Waals surface area contributed by atoms with Gasteiger partial charge in [-0.3, -0.25) is 0 Å². The van der Waals surface area contributed by atoms with E-state index in [0.717, 1.165) is 17.2 Å². The van der Waals surface area contributed by atoms with Gasteiger partial charge in [-0.15, -0.1) is 11.6 Å². The van der Waals surface area contributed by atoms with Gasteiger partial charge in [0.1, 0.15) is 5.75 Å². The van der Waals surface area contributed by atoms with Crippen LogP contribution in [0.15, 0.2) is 36.4 Å². The maximum Gasteiger partial charge on any atom is 0.201 e. The Kier molecular flexibility index (Phi) is 3.82. The van der Waals surface area contributed by atoms with Gasteiger partial charge >= 0.3 is 0 Å². The first kappa shape index (κ1) is 12.8. The SMILES string of the molecule is Cc1ccc(Oc2cccc(F)c2F)c(CCl)c1. The molecule has 0 aliphatic carbocycles. The zero-order valence-electron chi connectivity index (χ0n) is 9.71. The van der Waals surface area contributed by atoms with Crippen molar-refractivity contribution < 1.29 is 13.5 Å². The summed E-state index contributed by atoms with van der Waals surface area (Å²) in [5, 5.41) is 0. The summed E-state index contributed by atoms with van der Waals surface area (Å²) in [4.78, 5) is 0. The zero-order valence-corrected chi connectivity index (χ0v) is 10.5. The second-order valence-electron chi connectivity index (χ2n) is 3.90. The number of alkyl halides is 1. The molecule has 0 radical (unpaired) electrons. The second-order valence-corrected chi connectivity index (χ2v) is 4.17. The monoisotopic (exact) mass is 268 g/mol. The molecule has 94 valence electrons. The van der Waals surface area contributed by atoms with Gasteiger partial charge in [0.15, 0.2) is 11.6 Å². The largest absolute Gasteiger partial charge is 0.454 e. The van der Waals surface area contributed by atoms with E-state index < -0.39 is 11.6 Å². The summed E-state index contributed by atoms with van der Waals surface area (Å²) < 4.78 is 31.9. The van der Waals surface area contributed by atoms with Crippen LogP contribution in [0, 0.1) is 18.6 Å². The molecule has 0 saturated heterocycles. The summed E-state index contributed by atoms with van der Waals surface area (Å²) in [7, 11) is 0. The minimum absolute atomic E-state index is 0.148. The minimum Gasteiger partial charge on any atom is -0.454 e. The van der Waals surface area contributed by atoms with Gasteiger partial charge < -0.3 is 4.74 Å². The second kappa shape index (κ2) is 5.36. The Labute approximate surface area is 109 Å². The van der Waals surface area contributed by atoms with Gasteiger partial charge in [-0.2, -0.15) is 4.39 Å². The van der Waals surface area contributed by atoms with Crippen LogP contribution >= 0.6 is 11.6 Å². The van der Waals surface area contributed by atoms with Crippen molar-refractivity contribution in [3.8, 4) is 11.5 Å². The van der Waals surface area contributed by atoms with Gasteiger partial charge in [0.2, 0.25) is 5.82 Å². The molecule has 2 aromatic rings. The summed E-state index contributed by atoms with van der Waals surface area (Å²) in [6.45, 7) is 1.92. The van der Waals surface area contributed by atoms with E-state index in [1.165, 1.54) is 12.1 Å². The third-order valence-electron chi connectivity index (χ3n) is 2.50. The van der Waals surface area contributed by atoms with Crippen molar-refractivity contribution in [1.29, 1.82) is 0 Å². The maximum atomic E-state index is 13.5. The number of aryl methyl sites for hydroxylation is 1. The molecular weight excluding hydrogens is 258 g/mol. The van der Waals surface area contributed by atoms with E-state index in [-0.39, 0.29) is 11.6 Å². The highest BCUT2D eigenvalue weighted by Crippen LogP contribution is 2.29. The lowest BCUT2D eigenvalue weighted by molar-refractivity contribution is 0.414. The van der Waals surface area contributed by atoms with Crippen LogP contribution < -0.4 is 4.74 Å². The van der Waals surface area contributed by atoms with Gasteiger partial charge in [-0.25, -0.2) is 4.39 Å². The van der Waals surface area contributed by atoms with E-state index in [1.807, 2.05) is 19.1 Å². The third-order valence-corrected chi connectivity index (χ3v) is 2.78. The highest BCUT2D eigenvalue weighted by molar-refractivity contribution is 6.17. The normalized spacial score (nSPS) is 10.4. The van der Waals surface area contributed by atoms with Crippen LogP contribution in [0.4, 0.5) is 8.78 Å². The molecule has 2 aromatic carbocycles. The smallest absolute Gasteiger partial charge is 0.201 e. The van der Waals surface area contributed by atoms with Gasteiger partial charge in [-0.05, 0) is 25.1 Å². The Bertz CT molecular complexity index is 570. The summed E-state index contributed by atoms with van der Waals surface area (Å²) >= 11 is 5.79. The number of halogens is 3. The predicted octanol–water partition coefficient (Wildman–Crippen LogP) is 4.80. The average Bonchev–Trinajstić information content (AvgIpc) is 2.37. The van der Waals surface area contributed by atoms with E-state index in [2.05, 4.69) is 0 Å². The third kappa shape index (κ3) is 2.62. The molecule has 0 saturated carbocycles. The maximum absolute atomic E-state index is 13.5. The van der Waals surface area contributed by atoms with Crippen molar-refractivity contribution in [1.82, 2.24) is 0 Å². The van der Waals surface area contributed by atoms with Gasteiger partial charge in [0.25, 0.3) is 0 Å². The van der Waals surface area contributed by atoms with Crippen LogP contribution in [0.1, 0.15) is 11.1 Å². The van der Waals surface area contributed by atoms with Crippen LogP contribution in [0.3, 0.4) is 0 Å². The number of rotatable bonds is 3. The van der Waals surface area contributed by atoms with E-state index in [0.29, 0.717) is 5.75 Å². The first-order valence-corrected chi connectivity index (χ1v) is 5.92. The molecule has 0 unspecified atom stereocenters. The van der Waals surface area contributed by atoms with E-state index in [9.17, 15) is 8.78 Å². The summed E-state index contributed by atoms with van der Waals surface area (Å²) in [5.41, 5.74) is 1.76. The molecule has 18 heavy (non-hydrogen) atoms. The summed E-state index contributed by atoms with van der Waals surface area (Å²) in [6.07, 6.45) is 0. The predicted molar refractivity (Wildman–Crippen MR) is 67.2 cm³/mol. The molecule has 0 heterocycles. The standard InChI is InChI=1S/C14H11ClF2O/c1-9-5-6-12(10(7-9)8-15)18-13-4-2-3-11(16)14(13)17/h2-7H,8H2,1H3. The molecule has 0 spiro atoms. The Hall–Kier alpha value is -1.61. The first-order valence-electron chi connectivity index (χ1n) is 5.39. The zero-order chi connectivity index (χ0) is 13.1. The molecule has 1 nitrogen and oxygen atoms in total. The number of benzene rings is 2. The Morgan fingerprint density at radius 1 is 1.11 bits per heavy atom.